The Hall–Kier alpha value is -2.47. The van der Waals surface area contributed by atoms with Crippen molar-refractivity contribution < 1.29 is 18.0 Å². The van der Waals surface area contributed by atoms with Crippen molar-refractivity contribution in [2.75, 3.05) is 51.2 Å². The molecule has 1 aliphatic heterocycles. The predicted molar refractivity (Wildman–Crippen MR) is 92.2 cm³/mol. The first kappa shape index (κ1) is 19.3. The quantitative estimate of drug-likeness (QED) is 0.629. The van der Waals surface area contributed by atoms with Gasteiger partial charge in [-0.2, -0.15) is 13.2 Å². The van der Waals surface area contributed by atoms with Crippen LogP contribution in [0.2, 0.25) is 0 Å². The fourth-order valence-electron chi connectivity index (χ4n) is 3.04. The zero-order valence-electron chi connectivity index (χ0n) is 14.8. The van der Waals surface area contributed by atoms with Crippen LogP contribution in [0.15, 0.2) is 12.7 Å². The molecule has 0 saturated carbocycles. The molecule has 27 heavy (non-hydrogen) atoms. The van der Waals surface area contributed by atoms with Gasteiger partial charge in [-0.15, -0.1) is 0 Å². The molecule has 3 N–H and O–H groups in total. The van der Waals surface area contributed by atoms with E-state index in [-0.39, 0.29) is 6.54 Å². The van der Waals surface area contributed by atoms with Crippen molar-refractivity contribution in [3.05, 3.63) is 12.7 Å². The van der Waals surface area contributed by atoms with E-state index in [0.717, 1.165) is 0 Å². The highest BCUT2D eigenvalue weighted by atomic mass is 19.4. The van der Waals surface area contributed by atoms with Crippen LogP contribution in [0, 0.1) is 0 Å². The van der Waals surface area contributed by atoms with Crippen LogP contribution in [0.25, 0.3) is 11.2 Å². The van der Waals surface area contributed by atoms with Gasteiger partial charge in [0.1, 0.15) is 17.9 Å². The number of aromatic nitrogens is 4. The monoisotopic (exact) mass is 386 g/mol. The molecule has 0 spiro atoms. The number of hydrogen-bond acceptors (Lipinski definition) is 7. The number of aromatic amines is 1. The second kappa shape index (κ2) is 8.05. The number of carbonyl (C=O) groups excluding carboxylic acids is 1. The maximum atomic E-state index is 13.4. The summed E-state index contributed by atoms with van der Waals surface area (Å²) in [6, 6.07) is -1.70. The van der Waals surface area contributed by atoms with Crippen molar-refractivity contribution in [2.24, 2.45) is 0 Å². The first-order valence-corrected chi connectivity index (χ1v) is 8.49. The molecular weight excluding hydrogens is 365 g/mol. The second-order valence-corrected chi connectivity index (χ2v) is 6.30. The van der Waals surface area contributed by atoms with Crippen molar-refractivity contribution >= 4 is 22.9 Å². The summed E-state index contributed by atoms with van der Waals surface area (Å²) in [5.74, 6) is -0.0738. The summed E-state index contributed by atoms with van der Waals surface area (Å²) in [6.07, 6.45) is -1.64. The van der Waals surface area contributed by atoms with Gasteiger partial charge in [0.2, 0.25) is 5.91 Å². The topological polar surface area (TPSA) is 102 Å². The number of anilines is 1. The lowest BCUT2D eigenvalue weighted by atomic mass is 10.2. The van der Waals surface area contributed by atoms with Gasteiger partial charge in [0.05, 0.1) is 12.9 Å². The standard InChI is InChI=1S/C15H21F3N8O/c1-25(14-12-13(22-8-21-12)23-9-24-14)7-11(27)20-6-10(15(16,17)18)26-4-2-19-3-5-26/h8-10,19H,2-7H2,1H3,(H,20,27)(H,21,22,23,24). The van der Waals surface area contributed by atoms with Crippen LogP contribution in [0.4, 0.5) is 19.0 Å². The van der Waals surface area contributed by atoms with Crippen LogP contribution < -0.4 is 15.5 Å². The molecule has 3 rings (SSSR count). The van der Waals surface area contributed by atoms with Crippen molar-refractivity contribution in [1.82, 2.24) is 35.5 Å². The van der Waals surface area contributed by atoms with Gasteiger partial charge in [-0.05, 0) is 0 Å². The summed E-state index contributed by atoms with van der Waals surface area (Å²) in [4.78, 5) is 30.1. The number of piperazine rings is 1. The number of nitrogens with one attached hydrogen (secondary N) is 3. The molecule has 2 aromatic rings. The molecule has 1 saturated heterocycles. The molecule has 148 valence electrons. The minimum atomic E-state index is -4.41. The maximum absolute atomic E-state index is 13.4. The number of alkyl halides is 3. The van der Waals surface area contributed by atoms with Crippen molar-refractivity contribution in [3.63, 3.8) is 0 Å². The molecule has 0 bridgehead atoms. The summed E-state index contributed by atoms with van der Waals surface area (Å²) < 4.78 is 40.1. The Morgan fingerprint density at radius 2 is 2.07 bits per heavy atom. The third kappa shape index (κ3) is 4.63. The van der Waals surface area contributed by atoms with E-state index in [9.17, 15) is 18.0 Å². The lowest BCUT2D eigenvalue weighted by molar-refractivity contribution is -0.183. The smallest absolute Gasteiger partial charge is 0.353 e. The highest BCUT2D eigenvalue weighted by molar-refractivity contribution is 5.86. The van der Waals surface area contributed by atoms with E-state index in [4.69, 9.17) is 0 Å². The number of rotatable bonds is 6. The van der Waals surface area contributed by atoms with Crippen LogP contribution in [0.1, 0.15) is 0 Å². The number of hydrogen-bond donors (Lipinski definition) is 3. The first-order valence-electron chi connectivity index (χ1n) is 8.49. The molecule has 12 heteroatoms. The number of imidazole rings is 1. The minimum absolute atomic E-state index is 0.142. The number of amides is 1. The Morgan fingerprint density at radius 1 is 1.33 bits per heavy atom. The molecule has 1 amide bonds. The lowest BCUT2D eigenvalue weighted by Crippen LogP contribution is -2.58. The molecule has 0 radical (unpaired) electrons. The SMILES string of the molecule is CN(CC(=O)NCC(N1CCNCC1)C(F)(F)F)c1ncnc2nc[nH]c12. The average molecular weight is 386 g/mol. The molecule has 1 fully saturated rings. The predicted octanol–water partition coefficient (Wildman–Crippen LogP) is -0.259. The van der Waals surface area contributed by atoms with E-state index >= 15 is 0 Å². The Balaban J connectivity index is 1.60. The van der Waals surface area contributed by atoms with Crippen molar-refractivity contribution in [1.29, 1.82) is 0 Å². The second-order valence-electron chi connectivity index (χ2n) is 6.30. The van der Waals surface area contributed by atoms with Crippen LogP contribution in [-0.4, -0.2) is 89.3 Å². The van der Waals surface area contributed by atoms with E-state index in [0.29, 0.717) is 43.2 Å². The summed E-state index contributed by atoms with van der Waals surface area (Å²) in [5, 5.41) is 5.42. The average Bonchev–Trinajstić information content (AvgIpc) is 3.10. The van der Waals surface area contributed by atoms with Crippen LogP contribution in [-0.2, 0) is 4.79 Å². The Morgan fingerprint density at radius 3 is 2.78 bits per heavy atom. The molecule has 9 nitrogen and oxygen atoms in total. The fraction of sp³-hybridized carbons (Fsp3) is 0.600. The molecule has 1 aliphatic rings. The summed E-state index contributed by atoms with van der Waals surface area (Å²) in [5.41, 5.74) is 1.00. The zero-order chi connectivity index (χ0) is 19.4. The largest absolute Gasteiger partial charge is 0.405 e. The number of nitrogens with zero attached hydrogens (tertiary/aromatic N) is 5. The van der Waals surface area contributed by atoms with Gasteiger partial charge in [0, 0.05) is 39.8 Å². The van der Waals surface area contributed by atoms with Crippen LogP contribution in [0.5, 0.6) is 0 Å². The molecule has 1 unspecified atom stereocenters. The summed E-state index contributed by atoms with van der Waals surface area (Å²) in [7, 11) is 1.62. The minimum Gasteiger partial charge on any atom is -0.353 e. The first-order chi connectivity index (χ1) is 12.9. The number of halogens is 3. The number of likely N-dealkylation sites (N-methyl/N-ethyl adjacent to an activating group) is 1. The molecular formula is C15H21F3N8O. The van der Waals surface area contributed by atoms with E-state index in [1.54, 1.807) is 7.05 Å². The van der Waals surface area contributed by atoms with Crippen molar-refractivity contribution in [3.8, 4) is 0 Å². The Labute approximate surface area is 153 Å². The van der Waals surface area contributed by atoms with Gasteiger partial charge in [-0.1, -0.05) is 0 Å². The lowest BCUT2D eigenvalue weighted by Gasteiger charge is -2.36. The van der Waals surface area contributed by atoms with Gasteiger partial charge in [0.25, 0.3) is 0 Å². The number of H-pyrrole nitrogens is 1. The third-order valence-corrected chi connectivity index (χ3v) is 4.41. The van der Waals surface area contributed by atoms with Gasteiger partial charge in [-0.25, -0.2) is 15.0 Å². The van der Waals surface area contributed by atoms with Crippen LogP contribution in [0.3, 0.4) is 0 Å². The normalized spacial score (nSPS) is 17.0. The maximum Gasteiger partial charge on any atom is 0.405 e. The molecule has 2 aromatic heterocycles. The van der Waals surface area contributed by atoms with Gasteiger partial charge in [0.15, 0.2) is 11.5 Å². The van der Waals surface area contributed by atoms with Gasteiger partial charge in [-0.3, -0.25) is 9.69 Å². The van der Waals surface area contributed by atoms with E-state index in [1.807, 2.05) is 0 Å². The van der Waals surface area contributed by atoms with Gasteiger partial charge < -0.3 is 20.5 Å². The number of carbonyl (C=O) groups is 1. The third-order valence-electron chi connectivity index (χ3n) is 4.41. The summed E-state index contributed by atoms with van der Waals surface area (Å²) in [6.45, 7) is 0.947. The molecule has 3 heterocycles. The highest BCUT2D eigenvalue weighted by Gasteiger charge is 2.43. The molecule has 0 aromatic carbocycles. The highest BCUT2D eigenvalue weighted by Crippen LogP contribution is 2.25. The number of fused-ring (bicyclic) bond motifs is 1. The Bertz CT molecular complexity index is 774. The Kier molecular flexibility index (Phi) is 5.75. The van der Waals surface area contributed by atoms with Crippen molar-refractivity contribution in [2.45, 2.75) is 12.2 Å². The fourth-order valence-corrected chi connectivity index (χ4v) is 3.04. The summed E-state index contributed by atoms with van der Waals surface area (Å²) >= 11 is 0. The van der Waals surface area contributed by atoms with Crippen LogP contribution >= 0.6 is 0 Å². The molecule has 1 atom stereocenters. The zero-order valence-corrected chi connectivity index (χ0v) is 14.8. The molecule has 0 aliphatic carbocycles. The van der Waals surface area contributed by atoms with Gasteiger partial charge >= 0.3 is 6.18 Å². The van der Waals surface area contributed by atoms with E-state index in [2.05, 4.69) is 30.6 Å². The van der Waals surface area contributed by atoms with E-state index < -0.39 is 24.7 Å². The van der Waals surface area contributed by atoms with E-state index in [1.165, 1.54) is 22.5 Å².